The van der Waals surface area contributed by atoms with Crippen LogP contribution < -0.4 is 10.6 Å². The van der Waals surface area contributed by atoms with E-state index in [0.29, 0.717) is 6.42 Å². The lowest BCUT2D eigenvalue weighted by Crippen LogP contribution is -2.39. The average Bonchev–Trinajstić information content (AvgIpc) is 2.25. The zero-order valence-electron chi connectivity index (χ0n) is 10.9. The van der Waals surface area contributed by atoms with Gasteiger partial charge in [-0.05, 0) is 20.3 Å². The van der Waals surface area contributed by atoms with Crippen LogP contribution >= 0.6 is 0 Å². The molecule has 1 aliphatic rings. The Morgan fingerprint density at radius 3 is 2.65 bits per heavy atom. The lowest BCUT2D eigenvalue weighted by molar-refractivity contribution is -0.121. The summed E-state index contributed by atoms with van der Waals surface area (Å²) in [5.74, 6) is -0.259. The van der Waals surface area contributed by atoms with Gasteiger partial charge >= 0.3 is 6.03 Å². The molecule has 1 aliphatic carbocycles. The molecule has 17 heavy (non-hydrogen) atoms. The Labute approximate surface area is 102 Å². The molecule has 0 unspecified atom stereocenters. The summed E-state index contributed by atoms with van der Waals surface area (Å²) in [6.07, 6.45) is 5.37. The SMILES string of the molecule is CNC(=O)NC(=O)C[C@@]1(C)C=CCC(C)=C1C. The van der Waals surface area contributed by atoms with E-state index in [4.69, 9.17) is 0 Å². The normalized spacial score (nSPS) is 23.5. The summed E-state index contributed by atoms with van der Waals surface area (Å²) in [4.78, 5) is 22.8. The van der Waals surface area contributed by atoms with Gasteiger partial charge in [0.05, 0.1) is 0 Å². The Hall–Kier alpha value is -1.58. The maximum atomic E-state index is 11.7. The second kappa shape index (κ2) is 5.17. The number of imide groups is 1. The largest absolute Gasteiger partial charge is 0.341 e. The van der Waals surface area contributed by atoms with Gasteiger partial charge in [0.25, 0.3) is 0 Å². The quantitative estimate of drug-likeness (QED) is 0.722. The van der Waals surface area contributed by atoms with Crippen LogP contribution in [0.4, 0.5) is 4.79 Å². The molecular weight excluding hydrogens is 216 g/mol. The second-order valence-electron chi connectivity index (χ2n) is 4.73. The number of carbonyl (C=O) groups excluding carboxylic acids is 2. The molecule has 94 valence electrons. The van der Waals surface area contributed by atoms with Crippen molar-refractivity contribution < 1.29 is 9.59 Å². The molecule has 0 aliphatic heterocycles. The van der Waals surface area contributed by atoms with Crippen LogP contribution in [0, 0.1) is 5.41 Å². The average molecular weight is 236 g/mol. The number of urea groups is 1. The van der Waals surface area contributed by atoms with E-state index in [1.165, 1.54) is 18.2 Å². The first-order valence-corrected chi connectivity index (χ1v) is 5.75. The van der Waals surface area contributed by atoms with Crippen molar-refractivity contribution in [2.75, 3.05) is 7.05 Å². The van der Waals surface area contributed by atoms with Gasteiger partial charge < -0.3 is 5.32 Å². The molecule has 0 saturated carbocycles. The summed E-state index contributed by atoms with van der Waals surface area (Å²) in [6, 6.07) is -0.461. The third-order valence-corrected chi connectivity index (χ3v) is 3.41. The van der Waals surface area contributed by atoms with Crippen LogP contribution in [0.25, 0.3) is 0 Å². The minimum Gasteiger partial charge on any atom is -0.341 e. The first kappa shape index (κ1) is 13.5. The Bertz CT molecular complexity index is 396. The van der Waals surface area contributed by atoms with Crippen LogP contribution in [-0.4, -0.2) is 19.0 Å². The summed E-state index contributed by atoms with van der Waals surface area (Å²) in [6.45, 7) is 6.14. The fourth-order valence-corrected chi connectivity index (χ4v) is 2.02. The zero-order valence-corrected chi connectivity index (χ0v) is 10.9. The van der Waals surface area contributed by atoms with E-state index in [0.717, 1.165) is 6.42 Å². The van der Waals surface area contributed by atoms with Crippen molar-refractivity contribution in [3.05, 3.63) is 23.3 Å². The highest BCUT2D eigenvalue weighted by atomic mass is 16.2. The minimum atomic E-state index is -0.461. The van der Waals surface area contributed by atoms with Crippen molar-refractivity contribution in [3.63, 3.8) is 0 Å². The fourth-order valence-electron chi connectivity index (χ4n) is 2.02. The van der Waals surface area contributed by atoms with Gasteiger partial charge in [0.1, 0.15) is 0 Å². The topological polar surface area (TPSA) is 58.2 Å². The first-order chi connectivity index (χ1) is 7.89. The molecule has 0 aromatic rings. The summed E-state index contributed by atoms with van der Waals surface area (Å²) in [5.41, 5.74) is 2.23. The molecule has 1 rings (SSSR count). The van der Waals surface area contributed by atoms with Gasteiger partial charge in [-0.3, -0.25) is 10.1 Å². The van der Waals surface area contributed by atoms with Crippen LogP contribution in [0.2, 0.25) is 0 Å². The Kier molecular flexibility index (Phi) is 4.10. The second-order valence-corrected chi connectivity index (χ2v) is 4.73. The lowest BCUT2D eigenvalue weighted by Gasteiger charge is -2.31. The van der Waals surface area contributed by atoms with Crippen LogP contribution in [0.1, 0.15) is 33.6 Å². The van der Waals surface area contributed by atoms with Crippen molar-refractivity contribution in [2.45, 2.75) is 33.6 Å². The van der Waals surface area contributed by atoms with Gasteiger partial charge in [-0.15, -0.1) is 0 Å². The smallest absolute Gasteiger partial charge is 0.321 e. The fraction of sp³-hybridized carbons (Fsp3) is 0.538. The molecule has 0 aromatic heterocycles. The highest BCUT2D eigenvalue weighted by Crippen LogP contribution is 2.38. The molecule has 0 radical (unpaired) electrons. The van der Waals surface area contributed by atoms with Crippen molar-refractivity contribution >= 4 is 11.9 Å². The summed E-state index contributed by atoms with van der Waals surface area (Å²) in [7, 11) is 1.49. The van der Waals surface area contributed by atoms with Crippen molar-refractivity contribution in [3.8, 4) is 0 Å². The predicted molar refractivity (Wildman–Crippen MR) is 67.5 cm³/mol. The Morgan fingerprint density at radius 1 is 1.41 bits per heavy atom. The van der Waals surface area contributed by atoms with Crippen LogP contribution in [0.3, 0.4) is 0 Å². The third-order valence-electron chi connectivity index (χ3n) is 3.41. The third kappa shape index (κ3) is 3.19. The molecule has 1 atom stereocenters. The maximum absolute atomic E-state index is 11.7. The van der Waals surface area contributed by atoms with E-state index in [-0.39, 0.29) is 11.3 Å². The predicted octanol–water partition coefficient (Wildman–Crippen LogP) is 2.13. The Balaban J connectivity index is 2.73. The monoisotopic (exact) mass is 236 g/mol. The highest BCUT2D eigenvalue weighted by Gasteiger charge is 2.30. The van der Waals surface area contributed by atoms with Crippen molar-refractivity contribution in [1.82, 2.24) is 10.6 Å². The number of carbonyl (C=O) groups is 2. The van der Waals surface area contributed by atoms with Crippen LogP contribution in [-0.2, 0) is 4.79 Å². The molecule has 0 aromatic carbocycles. The van der Waals surface area contributed by atoms with Crippen LogP contribution in [0.5, 0.6) is 0 Å². The number of hydrogen-bond acceptors (Lipinski definition) is 2. The summed E-state index contributed by atoms with van der Waals surface area (Å²) in [5, 5.41) is 4.66. The molecule has 0 fully saturated rings. The molecule has 0 saturated heterocycles. The molecule has 3 amide bonds. The van der Waals surface area contributed by atoms with E-state index < -0.39 is 6.03 Å². The van der Waals surface area contributed by atoms with Gasteiger partial charge in [0.2, 0.25) is 5.91 Å². The van der Waals surface area contributed by atoms with Crippen molar-refractivity contribution in [2.24, 2.45) is 5.41 Å². The molecule has 4 nitrogen and oxygen atoms in total. The minimum absolute atomic E-state index is 0.259. The molecule has 0 bridgehead atoms. The Morgan fingerprint density at radius 2 is 2.06 bits per heavy atom. The van der Waals surface area contributed by atoms with Gasteiger partial charge in [-0.25, -0.2) is 4.79 Å². The zero-order chi connectivity index (χ0) is 13.1. The van der Waals surface area contributed by atoms with E-state index in [2.05, 4.69) is 29.7 Å². The molecule has 4 heteroatoms. The number of hydrogen-bond donors (Lipinski definition) is 2. The summed E-state index contributed by atoms with van der Waals surface area (Å²) < 4.78 is 0. The van der Waals surface area contributed by atoms with E-state index in [1.54, 1.807) is 0 Å². The maximum Gasteiger partial charge on any atom is 0.321 e. The van der Waals surface area contributed by atoms with E-state index in [9.17, 15) is 9.59 Å². The lowest BCUT2D eigenvalue weighted by atomic mass is 9.74. The van der Waals surface area contributed by atoms with Gasteiger partial charge in [0.15, 0.2) is 0 Å². The van der Waals surface area contributed by atoms with Gasteiger partial charge in [-0.1, -0.05) is 30.2 Å². The standard InChI is InChI=1S/C13H20N2O2/c1-9-6-5-7-13(3,10(9)2)8-11(16)15-12(17)14-4/h5,7H,6,8H2,1-4H3,(H2,14,15,16,17)/t13-/m1/s1. The van der Waals surface area contributed by atoms with E-state index >= 15 is 0 Å². The number of nitrogens with one attached hydrogen (secondary N) is 2. The number of rotatable bonds is 2. The van der Waals surface area contributed by atoms with Crippen LogP contribution in [0.15, 0.2) is 23.3 Å². The molecule has 0 spiro atoms. The van der Waals surface area contributed by atoms with Gasteiger partial charge in [0, 0.05) is 18.9 Å². The van der Waals surface area contributed by atoms with E-state index in [1.807, 2.05) is 13.8 Å². The van der Waals surface area contributed by atoms with Gasteiger partial charge in [-0.2, -0.15) is 0 Å². The van der Waals surface area contributed by atoms with Crippen molar-refractivity contribution in [1.29, 1.82) is 0 Å². The first-order valence-electron chi connectivity index (χ1n) is 5.75. The molecule has 0 heterocycles. The number of amides is 3. The molecular formula is C13H20N2O2. The number of allylic oxidation sites excluding steroid dienone is 4. The molecule has 2 N–H and O–H groups in total. The highest BCUT2D eigenvalue weighted by molar-refractivity contribution is 5.94. The summed E-state index contributed by atoms with van der Waals surface area (Å²) >= 11 is 0.